The molecule has 120 valence electrons. The molecule has 5 nitrogen and oxygen atoms in total. The van der Waals surface area contributed by atoms with E-state index in [1.165, 1.54) is 7.11 Å². The molecule has 0 aliphatic rings. The van der Waals surface area contributed by atoms with Crippen LogP contribution in [0, 0.1) is 0 Å². The predicted molar refractivity (Wildman–Crippen MR) is 91.6 cm³/mol. The van der Waals surface area contributed by atoms with E-state index in [2.05, 4.69) is 10.5 Å². The van der Waals surface area contributed by atoms with E-state index in [0.717, 1.165) is 0 Å². The number of rotatable bonds is 5. The van der Waals surface area contributed by atoms with Crippen LogP contribution in [0.1, 0.15) is 5.56 Å². The average molecular weight is 353 g/mol. The number of esters is 1. The summed E-state index contributed by atoms with van der Waals surface area (Å²) in [6.45, 7) is 0. The lowest BCUT2D eigenvalue weighted by atomic mass is 10.1. The van der Waals surface area contributed by atoms with Gasteiger partial charge in [0.25, 0.3) is 0 Å². The fraction of sp³-hybridized carbons (Fsp3) is 0.125. The molecule has 0 radical (unpaired) electrons. The molecule has 7 heteroatoms. The van der Waals surface area contributed by atoms with Gasteiger partial charge < -0.3 is 9.47 Å². The van der Waals surface area contributed by atoms with Crippen molar-refractivity contribution in [2.45, 2.75) is 0 Å². The van der Waals surface area contributed by atoms with Gasteiger partial charge in [-0.1, -0.05) is 35.3 Å². The van der Waals surface area contributed by atoms with Crippen molar-refractivity contribution in [3.8, 4) is 5.75 Å². The molecule has 0 aliphatic heterocycles. The van der Waals surface area contributed by atoms with E-state index in [1.54, 1.807) is 49.6 Å². The third-order valence-corrected chi connectivity index (χ3v) is 3.79. The molecule has 0 saturated carbocycles. The third kappa shape index (κ3) is 4.15. The second-order valence-electron chi connectivity index (χ2n) is 4.39. The Balaban J connectivity index is 2.34. The first kappa shape index (κ1) is 17.1. The molecule has 0 bridgehead atoms. The van der Waals surface area contributed by atoms with Crippen LogP contribution in [0.25, 0.3) is 0 Å². The number of halogens is 2. The van der Waals surface area contributed by atoms with Gasteiger partial charge in [0.1, 0.15) is 5.75 Å². The number of hydrazone groups is 1. The number of carbonyl (C=O) groups excluding carboxylic acids is 1. The van der Waals surface area contributed by atoms with Gasteiger partial charge in [-0.05, 0) is 30.3 Å². The molecule has 0 spiro atoms. The van der Waals surface area contributed by atoms with Crippen LogP contribution in [-0.4, -0.2) is 25.9 Å². The summed E-state index contributed by atoms with van der Waals surface area (Å²) in [5.74, 6) is 0.0841. The maximum Gasteiger partial charge on any atom is 0.359 e. The molecule has 0 saturated heterocycles. The van der Waals surface area contributed by atoms with Crippen molar-refractivity contribution in [2.75, 3.05) is 19.6 Å². The van der Waals surface area contributed by atoms with E-state index in [9.17, 15) is 4.79 Å². The molecule has 0 aromatic heterocycles. The van der Waals surface area contributed by atoms with Gasteiger partial charge in [0, 0.05) is 5.56 Å². The van der Waals surface area contributed by atoms with Gasteiger partial charge in [-0.2, -0.15) is 5.10 Å². The number of hydrogen-bond acceptors (Lipinski definition) is 5. The minimum atomic E-state index is -0.629. The molecule has 2 aromatic rings. The summed E-state index contributed by atoms with van der Waals surface area (Å²) in [6.07, 6.45) is 0. The van der Waals surface area contributed by atoms with E-state index < -0.39 is 5.97 Å². The van der Waals surface area contributed by atoms with Crippen molar-refractivity contribution in [3.05, 3.63) is 58.1 Å². The van der Waals surface area contributed by atoms with Crippen molar-refractivity contribution in [3.63, 3.8) is 0 Å². The largest absolute Gasteiger partial charge is 0.497 e. The van der Waals surface area contributed by atoms with Crippen LogP contribution in [0.2, 0.25) is 10.0 Å². The van der Waals surface area contributed by atoms with Gasteiger partial charge in [0.15, 0.2) is 5.71 Å². The molecule has 2 aromatic carbocycles. The molecule has 0 amide bonds. The zero-order valence-electron chi connectivity index (χ0n) is 12.5. The lowest BCUT2D eigenvalue weighted by molar-refractivity contribution is -0.132. The van der Waals surface area contributed by atoms with Crippen molar-refractivity contribution < 1.29 is 14.3 Å². The van der Waals surface area contributed by atoms with Crippen LogP contribution in [0.15, 0.2) is 47.6 Å². The highest BCUT2D eigenvalue weighted by molar-refractivity contribution is 6.50. The highest BCUT2D eigenvalue weighted by Gasteiger charge is 2.19. The minimum absolute atomic E-state index is 0.0239. The van der Waals surface area contributed by atoms with Crippen LogP contribution in [0.5, 0.6) is 5.75 Å². The number of carbonyl (C=O) groups is 1. The molecule has 0 aliphatic carbocycles. The lowest BCUT2D eigenvalue weighted by Crippen LogP contribution is -2.19. The van der Waals surface area contributed by atoms with Crippen molar-refractivity contribution >= 4 is 40.6 Å². The summed E-state index contributed by atoms with van der Waals surface area (Å²) in [7, 11) is 2.85. The van der Waals surface area contributed by atoms with Gasteiger partial charge in [-0.3, -0.25) is 5.43 Å². The van der Waals surface area contributed by atoms with Crippen LogP contribution >= 0.6 is 23.2 Å². The monoisotopic (exact) mass is 352 g/mol. The number of benzene rings is 2. The Bertz CT molecular complexity index is 731. The standard InChI is InChI=1S/C16H14Cl2N2O3/c1-22-11-8-6-10(7-9-11)19-20-15(16(21)23-2)12-4-3-5-13(17)14(12)18/h3-9,19H,1-2H3/b20-15-. The van der Waals surface area contributed by atoms with E-state index in [0.29, 0.717) is 22.0 Å². The fourth-order valence-electron chi connectivity index (χ4n) is 1.79. The number of anilines is 1. The summed E-state index contributed by atoms with van der Waals surface area (Å²) in [6, 6.07) is 12.0. The quantitative estimate of drug-likeness (QED) is 0.502. The Morgan fingerprint density at radius 3 is 2.39 bits per heavy atom. The van der Waals surface area contributed by atoms with Crippen LogP contribution in [0.3, 0.4) is 0 Å². The molecule has 0 atom stereocenters. The molecular formula is C16H14Cl2N2O3. The SMILES string of the molecule is COC(=O)/C(=N\Nc1ccc(OC)cc1)c1cccc(Cl)c1Cl. The van der Waals surface area contributed by atoms with Crippen molar-refractivity contribution in [1.82, 2.24) is 0 Å². The molecule has 1 N–H and O–H groups in total. The average Bonchev–Trinajstić information content (AvgIpc) is 2.58. The highest BCUT2D eigenvalue weighted by atomic mass is 35.5. The van der Waals surface area contributed by atoms with E-state index in [1.807, 2.05) is 0 Å². The van der Waals surface area contributed by atoms with Crippen molar-refractivity contribution in [2.24, 2.45) is 5.10 Å². The summed E-state index contributed by atoms with van der Waals surface area (Å²) in [4.78, 5) is 12.0. The fourth-order valence-corrected chi connectivity index (χ4v) is 2.18. The first-order chi connectivity index (χ1) is 11.1. The number of nitrogens with one attached hydrogen (secondary N) is 1. The number of nitrogens with zero attached hydrogens (tertiary/aromatic N) is 1. The smallest absolute Gasteiger partial charge is 0.359 e. The second-order valence-corrected chi connectivity index (χ2v) is 5.18. The second kappa shape index (κ2) is 7.85. The zero-order valence-corrected chi connectivity index (χ0v) is 14.0. The first-order valence-electron chi connectivity index (χ1n) is 6.57. The van der Waals surface area contributed by atoms with Crippen LogP contribution in [0.4, 0.5) is 5.69 Å². The maximum absolute atomic E-state index is 12.0. The summed E-state index contributed by atoms with van der Waals surface area (Å²) in [5, 5.41) is 4.66. The van der Waals surface area contributed by atoms with Crippen LogP contribution < -0.4 is 10.2 Å². The highest BCUT2D eigenvalue weighted by Crippen LogP contribution is 2.26. The van der Waals surface area contributed by atoms with E-state index in [-0.39, 0.29) is 10.7 Å². The Morgan fingerprint density at radius 1 is 1.09 bits per heavy atom. The van der Waals surface area contributed by atoms with Gasteiger partial charge in [-0.25, -0.2) is 4.79 Å². The molecule has 0 heterocycles. The normalized spacial score (nSPS) is 11.0. The number of ether oxygens (including phenoxy) is 2. The number of hydrogen-bond donors (Lipinski definition) is 1. The van der Waals surface area contributed by atoms with Crippen LogP contribution in [-0.2, 0) is 9.53 Å². The van der Waals surface area contributed by atoms with E-state index >= 15 is 0 Å². The zero-order chi connectivity index (χ0) is 16.8. The summed E-state index contributed by atoms with van der Waals surface area (Å²) in [5.41, 5.74) is 3.86. The summed E-state index contributed by atoms with van der Waals surface area (Å²) < 4.78 is 9.83. The predicted octanol–water partition coefficient (Wildman–Crippen LogP) is 3.99. The molecule has 0 unspecified atom stereocenters. The third-order valence-electron chi connectivity index (χ3n) is 2.97. The maximum atomic E-state index is 12.0. The van der Waals surface area contributed by atoms with Gasteiger partial charge in [0.2, 0.25) is 0 Å². The molecule has 23 heavy (non-hydrogen) atoms. The van der Waals surface area contributed by atoms with Gasteiger partial charge in [-0.15, -0.1) is 0 Å². The Hall–Kier alpha value is -2.24. The Morgan fingerprint density at radius 2 is 1.78 bits per heavy atom. The van der Waals surface area contributed by atoms with Gasteiger partial charge >= 0.3 is 5.97 Å². The molecular weight excluding hydrogens is 339 g/mol. The Kier molecular flexibility index (Phi) is 5.84. The lowest BCUT2D eigenvalue weighted by Gasteiger charge is -2.09. The van der Waals surface area contributed by atoms with E-state index in [4.69, 9.17) is 32.7 Å². The van der Waals surface area contributed by atoms with Crippen molar-refractivity contribution in [1.29, 1.82) is 0 Å². The summed E-state index contributed by atoms with van der Waals surface area (Å²) >= 11 is 12.1. The molecule has 0 fully saturated rings. The first-order valence-corrected chi connectivity index (χ1v) is 7.33. The molecule has 2 rings (SSSR count). The minimum Gasteiger partial charge on any atom is -0.497 e. The Labute approximate surface area is 143 Å². The van der Waals surface area contributed by atoms with Gasteiger partial charge in [0.05, 0.1) is 30.0 Å². The topological polar surface area (TPSA) is 59.9 Å². The number of methoxy groups -OCH3 is 2.